The van der Waals surface area contributed by atoms with Gasteiger partial charge < -0.3 is 10.6 Å². The topological polar surface area (TPSA) is 66.6 Å². The Morgan fingerprint density at radius 2 is 2.17 bits per heavy atom. The minimum atomic E-state index is -0.215. The van der Waals surface area contributed by atoms with Crippen molar-refractivity contribution in [3.8, 4) is 0 Å². The van der Waals surface area contributed by atoms with E-state index >= 15 is 0 Å². The normalized spacial score (nSPS) is 17.8. The van der Waals surface area contributed by atoms with Gasteiger partial charge in [0.15, 0.2) is 0 Å². The summed E-state index contributed by atoms with van der Waals surface area (Å²) in [5.74, 6) is -0.129. The van der Waals surface area contributed by atoms with Gasteiger partial charge in [-0.1, -0.05) is 0 Å². The van der Waals surface area contributed by atoms with E-state index in [1.807, 2.05) is 0 Å². The van der Waals surface area contributed by atoms with Crippen molar-refractivity contribution in [2.24, 2.45) is 5.73 Å². The Balaban J connectivity index is 2.62. The van der Waals surface area contributed by atoms with Crippen molar-refractivity contribution >= 4 is 11.9 Å². The SMILES string of the molecule is CCN1C(=O)CN(CCN)C1=O. The van der Waals surface area contributed by atoms with E-state index in [1.165, 1.54) is 9.80 Å². The molecule has 1 heterocycles. The molecule has 1 rings (SSSR count). The second-order valence-electron chi connectivity index (χ2n) is 2.63. The monoisotopic (exact) mass is 171 g/mol. The van der Waals surface area contributed by atoms with Crippen LogP contribution >= 0.6 is 0 Å². The highest BCUT2D eigenvalue weighted by Crippen LogP contribution is 2.08. The van der Waals surface area contributed by atoms with Crippen LogP contribution < -0.4 is 5.73 Å². The lowest BCUT2D eigenvalue weighted by molar-refractivity contribution is -0.125. The summed E-state index contributed by atoms with van der Waals surface area (Å²) in [4.78, 5) is 25.1. The molecule has 0 aromatic rings. The Bertz CT molecular complexity index is 205. The van der Waals surface area contributed by atoms with Gasteiger partial charge in [-0.25, -0.2) is 4.79 Å². The summed E-state index contributed by atoms with van der Waals surface area (Å²) in [6, 6.07) is -0.215. The quantitative estimate of drug-likeness (QED) is 0.567. The Morgan fingerprint density at radius 3 is 2.58 bits per heavy atom. The average molecular weight is 171 g/mol. The average Bonchev–Trinajstić information content (AvgIpc) is 2.29. The van der Waals surface area contributed by atoms with Crippen molar-refractivity contribution in [3.63, 3.8) is 0 Å². The molecule has 1 saturated heterocycles. The molecule has 0 spiro atoms. The molecular weight excluding hydrogens is 158 g/mol. The third-order valence-electron chi connectivity index (χ3n) is 1.84. The molecule has 68 valence electrons. The zero-order chi connectivity index (χ0) is 9.14. The van der Waals surface area contributed by atoms with Gasteiger partial charge in [-0.2, -0.15) is 0 Å². The van der Waals surface area contributed by atoms with E-state index < -0.39 is 0 Å². The van der Waals surface area contributed by atoms with E-state index in [0.717, 1.165) is 0 Å². The number of likely N-dealkylation sites (N-methyl/N-ethyl adjacent to an activating group) is 1. The highest BCUT2D eigenvalue weighted by Gasteiger charge is 2.33. The van der Waals surface area contributed by atoms with E-state index in [4.69, 9.17) is 5.73 Å². The first-order valence-electron chi connectivity index (χ1n) is 4.00. The third kappa shape index (κ3) is 1.40. The number of hydrogen-bond donors (Lipinski definition) is 1. The van der Waals surface area contributed by atoms with E-state index in [-0.39, 0.29) is 18.5 Å². The van der Waals surface area contributed by atoms with Crippen LogP contribution in [0.15, 0.2) is 0 Å². The molecule has 2 N–H and O–H groups in total. The van der Waals surface area contributed by atoms with E-state index in [1.54, 1.807) is 6.92 Å². The van der Waals surface area contributed by atoms with Crippen LogP contribution in [0.4, 0.5) is 4.79 Å². The number of carbonyl (C=O) groups is 2. The van der Waals surface area contributed by atoms with Gasteiger partial charge in [-0.05, 0) is 6.92 Å². The maximum Gasteiger partial charge on any atom is 0.327 e. The van der Waals surface area contributed by atoms with Crippen LogP contribution in [0.3, 0.4) is 0 Å². The van der Waals surface area contributed by atoms with E-state index in [2.05, 4.69) is 0 Å². The second kappa shape index (κ2) is 3.53. The highest BCUT2D eigenvalue weighted by molar-refractivity contribution is 6.01. The number of amides is 3. The van der Waals surface area contributed by atoms with Crippen molar-refractivity contribution < 1.29 is 9.59 Å². The predicted octanol–water partition coefficient (Wildman–Crippen LogP) is -0.771. The Hall–Kier alpha value is -1.10. The van der Waals surface area contributed by atoms with Crippen molar-refractivity contribution in [1.82, 2.24) is 9.80 Å². The number of hydrogen-bond acceptors (Lipinski definition) is 3. The molecule has 0 saturated carbocycles. The van der Waals surface area contributed by atoms with Crippen LogP contribution in [-0.2, 0) is 4.79 Å². The van der Waals surface area contributed by atoms with Crippen molar-refractivity contribution in [2.75, 3.05) is 26.2 Å². The van der Waals surface area contributed by atoms with Gasteiger partial charge in [0, 0.05) is 19.6 Å². The molecule has 0 atom stereocenters. The summed E-state index contributed by atoms with van der Waals surface area (Å²) in [6.45, 7) is 3.27. The van der Waals surface area contributed by atoms with Gasteiger partial charge in [0.1, 0.15) is 6.54 Å². The van der Waals surface area contributed by atoms with Crippen molar-refractivity contribution in [2.45, 2.75) is 6.92 Å². The number of imide groups is 1. The first-order valence-corrected chi connectivity index (χ1v) is 4.00. The molecule has 0 aromatic carbocycles. The lowest BCUT2D eigenvalue weighted by Gasteiger charge is -2.14. The fourth-order valence-electron chi connectivity index (χ4n) is 1.24. The lowest BCUT2D eigenvalue weighted by atomic mass is 10.5. The molecule has 1 fully saturated rings. The van der Waals surface area contributed by atoms with Gasteiger partial charge >= 0.3 is 6.03 Å². The summed E-state index contributed by atoms with van der Waals surface area (Å²) >= 11 is 0. The molecule has 0 radical (unpaired) electrons. The third-order valence-corrected chi connectivity index (χ3v) is 1.84. The first-order chi connectivity index (χ1) is 5.70. The van der Waals surface area contributed by atoms with Crippen LogP contribution in [0.5, 0.6) is 0 Å². The molecule has 0 unspecified atom stereocenters. The number of nitrogens with two attached hydrogens (primary N) is 1. The molecule has 5 heteroatoms. The summed E-state index contributed by atoms with van der Waals surface area (Å²) in [6.07, 6.45) is 0. The lowest BCUT2D eigenvalue weighted by Crippen LogP contribution is -2.35. The fraction of sp³-hybridized carbons (Fsp3) is 0.714. The Kier molecular flexibility index (Phi) is 2.65. The van der Waals surface area contributed by atoms with Crippen LogP contribution in [0.25, 0.3) is 0 Å². The molecule has 1 aliphatic rings. The predicted molar refractivity (Wildman–Crippen MR) is 43.4 cm³/mol. The number of urea groups is 1. The molecule has 5 nitrogen and oxygen atoms in total. The number of rotatable bonds is 3. The molecule has 1 aliphatic heterocycles. The van der Waals surface area contributed by atoms with Crippen LogP contribution in [0.1, 0.15) is 6.92 Å². The molecule has 3 amide bonds. The van der Waals surface area contributed by atoms with E-state index in [0.29, 0.717) is 19.6 Å². The largest absolute Gasteiger partial charge is 0.329 e. The van der Waals surface area contributed by atoms with Gasteiger partial charge in [-0.15, -0.1) is 0 Å². The van der Waals surface area contributed by atoms with Gasteiger partial charge in [-0.3, -0.25) is 9.69 Å². The summed E-state index contributed by atoms with van der Waals surface area (Å²) in [7, 11) is 0. The summed E-state index contributed by atoms with van der Waals surface area (Å²) < 4.78 is 0. The van der Waals surface area contributed by atoms with Crippen LogP contribution in [0, 0.1) is 0 Å². The zero-order valence-electron chi connectivity index (χ0n) is 7.12. The van der Waals surface area contributed by atoms with Gasteiger partial charge in [0.2, 0.25) is 5.91 Å². The zero-order valence-corrected chi connectivity index (χ0v) is 7.12. The first kappa shape index (κ1) is 8.99. The van der Waals surface area contributed by atoms with Crippen molar-refractivity contribution in [3.05, 3.63) is 0 Å². The van der Waals surface area contributed by atoms with Gasteiger partial charge in [0.25, 0.3) is 0 Å². The molecule has 0 aliphatic carbocycles. The molecular formula is C7H13N3O2. The van der Waals surface area contributed by atoms with E-state index in [9.17, 15) is 9.59 Å². The Labute approximate surface area is 71.1 Å². The van der Waals surface area contributed by atoms with Crippen molar-refractivity contribution in [1.29, 1.82) is 0 Å². The van der Waals surface area contributed by atoms with Crippen LogP contribution in [-0.4, -0.2) is 47.9 Å². The minimum absolute atomic E-state index is 0.129. The highest BCUT2D eigenvalue weighted by atomic mass is 16.2. The Morgan fingerprint density at radius 1 is 1.50 bits per heavy atom. The number of carbonyl (C=O) groups excluding carboxylic acids is 2. The minimum Gasteiger partial charge on any atom is -0.329 e. The maximum atomic E-state index is 11.3. The molecule has 0 aromatic heterocycles. The standard InChI is InChI=1S/C7H13N3O2/c1-2-10-6(11)5-9(4-3-8)7(10)12/h2-5,8H2,1H3. The maximum absolute atomic E-state index is 11.3. The fourth-order valence-corrected chi connectivity index (χ4v) is 1.24. The summed E-state index contributed by atoms with van der Waals surface area (Å²) in [5.41, 5.74) is 5.28. The summed E-state index contributed by atoms with van der Waals surface area (Å²) in [5, 5.41) is 0. The smallest absolute Gasteiger partial charge is 0.327 e. The second-order valence-corrected chi connectivity index (χ2v) is 2.63. The van der Waals surface area contributed by atoms with Gasteiger partial charge in [0.05, 0.1) is 0 Å². The van der Waals surface area contributed by atoms with Crippen LogP contribution in [0.2, 0.25) is 0 Å². The number of nitrogens with zero attached hydrogens (tertiary/aromatic N) is 2. The molecule has 12 heavy (non-hydrogen) atoms. The molecule has 0 bridgehead atoms.